The first kappa shape index (κ1) is 19.5. The normalized spacial score (nSPS) is 10.4. The third kappa shape index (κ3) is 4.02. The van der Waals surface area contributed by atoms with Crippen molar-refractivity contribution in [1.82, 2.24) is 0 Å². The predicted octanol–water partition coefficient (Wildman–Crippen LogP) is 4.69. The topological polar surface area (TPSA) is 73.9 Å². The quantitative estimate of drug-likeness (QED) is 0.497. The summed E-state index contributed by atoms with van der Waals surface area (Å²) in [5.41, 5.74) is 0.584. The summed E-state index contributed by atoms with van der Waals surface area (Å²) in [6, 6.07) is 13.9. The molecule has 7 heteroatoms. The molecule has 0 saturated heterocycles. The van der Waals surface area contributed by atoms with E-state index in [4.69, 9.17) is 25.8 Å². The molecule has 0 atom stereocenters. The molecular weight excluding hydrogens is 382 g/mol. The highest BCUT2D eigenvalue weighted by molar-refractivity contribution is 6.32. The molecule has 0 fully saturated rings. The average molecular weight is 400 g/mol. The van der Waals surface area contributed by atoms with Gasteiger partial charge in [0.05, 0.1) is 30.5 Å². The van der Waals surface area contributed by atoms with Crippen molar-refractivity contribution in [3.63, 3.8) is 0 Å². The Bertz CT molecular complexity index is 1060. The zero-order valence-corrected chi connectivity index (χ0v) is 16.3. The Labute approximate surface area is 167 Å². The number of hydrogen-bond donors (Lipinski definition) is 1. The molecule has 0 radical (unpaired) electrons. The number of nitrogens with one attached hydrogen (secondary N) is 1. The lowest BCUT2D eigenvalue weighted by Gasteiger charge is -2.15. The molecule has 0 spiro atoms. The van der Waals surface area contributed by atoms with Gasteiger partial charge in [0.2, 0.25) is 0 Å². The van der Waals surface area contributed by atoms with E-state index in [1.165, 1.54) is 21.1 Å². The highest BCUT2D eigenvalue weighted by Crippen LogP contribution is 2.36. The van der Waals surface area contributed by atoms with Crippen LogP contribution in [-0.2, 0) is 4.79 Å². The molecule has 1 amide bonds. The lowest BCUT2D eigenvalue weighted by molar-refractivity contribution is -0.131. The first-order chi connectivity index (χ1) is 13.4. The molecule has 6 nitrogen and oxygen atoms in total. The van der Waals surface area contributed by atoms with Crippen LogP contribution in [-0.4, -0.2) is 26.1 Å². The van der Waals surface area contributed by atoms with Gasteiger partial charge in [0, 0.05) is 19.1 Å². The molecule has 144 valence electrons. The Morgan fingerprint density at radius 1 is 0.893 bits per heavy atom. The van der Waals surface area contributed by atoms with Crippen LogP contribution in [0.2, 0.25) is 5.02 Å². The Balaban J connectivity index is 2.05. The Morgan fingerprint density at radius 2 is 1.54 bits per heavy atom. The maximum Gasteiger partial charge on any atom is 0.308 e. The van der Waals surface area contributed by atoms with Crippen LogP contribution < -0.4 is 19.5 Å². The summed E-state index contributed by atoms with van der Waals surface area (Å²) in [5.74, 6) is -0.0613. The van der Waals surface area contributed by atoms with Gasteiger partial charge in [-0.05, 0) is 22.9 Å². The minimum Gasteiger partial charge on any atom is -0.495 e. The highest BCUT2D eigenvalue weighted by Gasteiger charge is 2.19. The number of ether oxygens (including phenoxy) is 3. The van der Waals surface area contributed by atoms with Crippen molar-refractivity contribution in [2.75, 3.05) is 19.5 Å². The third-order valence-corrected chi connectivity index (χ3v) is 4.36. The molecule has 0 saturated carbocycles. The van der Waals surface area contributed by atoms with Gasteiger partial charge in [-0.15, -0.1) is 0 Å². The number of esters is 1. The van der Waals surface area contributed by atoms with E-state index in [-0.39, 0.29) is 11.3 Å². The molecule has 0 aromatic heterocycles. The zero-order chi connectivity index (χ0) is 20.3. The number of amides is 1. The van der Waals surface area contributed by atoms with Gasteiger partial charge in [0.1, 0.15) is 17.2 Å². The standard InChI is InChI=1S/C21H18ClNO5/c1-12(24)28-18-9-14-7-5-4-6-13(14)8-15(18)21(25)23-17-11-19(26-2)16(22)10-20(17)27-3/h4-11H,1-3H3,(H,23,25). The van der Waals surface area contributed by atoms with Gasteiger partial charge in [-0.1, -0.05) is 35.9 Å². The number of fused-ring (bicyclic) bond motifs is 1. The summed E-state index contributed by atoms with van der Waals surface area (Å²) < 4.78 is 15.7. The molecule has 3 aromatic carbocycles. The number of benzene rings is 3. The van der Waals surface area contributed by atoms with E-state index in [2.05, 4.69) is 5.32 Å². The largest absolute Gasteiger partial charge is 0.495 e. The summed E-state index contributed by atoms with van der Waals surface area (Å²) in [6.45, 7) is 1.28. The van der Waals surface area contributed by atoms with Crippen LogP contribution in [0.15, 0.2) is 48.5 Å². The van der Waals surface area contributed by atoms with E-state index in [0.717, 1.165) is 10.8 Å². The summed E-state index contributed by atoms with van der Waals surface area (Å²) in [7, 11) is 2.94. The first-order valence-corrected chi connectivity index (χ1v) is 8.74. The Kier molecular flexibility index (Phi) is 5.70. The number of carbonyl (C=O) groups is 2. The van der Waals surface area contributed by atoms with Gasteiger partial charge < -0.3 is 19.5 Å². The number of hydrogen-bond acceptors (Lipinski definition) is 5. The second-order valence-corrected chi connectivity index (χ2v) is 6.34. The Morgan fingerprint density at radius 3 is 2.14 bits per heavy atom. The van der Waals surface area contributed by atoms with Crippen LogP contribution in [0.5, 0.6) is 17.2 Å². The van der Waals surface area contributed by atoms with E-state index in [1.807, 2.05) is 24.3 Å². The number of halogens is 1. The first-order valence-electron chi connectivity index (χ1n) is 8.37. The lowest BCUT2D eigenvalue weighted by atomic mass is 10.0. The number of carbonyl (C=O) groups excluding carboxylic acids is 2. The minimum absolute atomic E-state index is 0.170. The molecular formula is C21H18ClNO5. The van der Waals surface area contributed by atoms with Crippen molar-refractivity contribution in [2.45, 2.75) is 6.92 Å². The van der Waals surface area contributed by atoms with Gasteiger partial charge in [-0.25, -0.2) is 0 Å². The fourth-order valence-corrected chi connectivity index (χ4v) is 3.01. The fraction of sp³-hybridized carbons (Fsp3) is 0.143. The van der Waals surface area contributed by atoms with Crippen LogP contribution in [0.3, 0.4) is 0 Å². The second-order valence-electron chi connectivity index (χ2n) is 5.93. The van der Waals surface area contributed by atoms with Crippen molar-refractivity contribution in [3.05, 3.63) is 59.1 Å². The zero-order valence-electron chi connectivity index (χ0n) is 15.5. The monoisotopic (exact) mass is 399 g/mol. The molecule has 0 aliphatic heterocycles. The third-order valence-electron chi connectivity index (χ3n) is 4.07. The smallest absolute Gasteiger partial charge is 0.308 e. The van der Waals surface area contributed by atoms with E-state index in [9.17, 15) is 9.59 Å². The van der Waals surface area contributed by atoms with Crippen molar-refractivity contribution in [1.29, 1.82) is 0 Å². The molecule has 1 N–H and O–H groups in total. The molecule has 0 aliphatic carbocycles. The van der Waals surface area contributed by atoms with Crippen molar-refractivity contribution in [3.8, 4) is 17.2 Å². The molecule has 3 rings (SSSR count). The second kappa shape index (κ2) is 8.19. The van der Waals surface area contributed by atoms with E-state index in [1.54, 1.807) is 24.3 Å². The van der Waals surface area contributed by atoms with E-state index in [0.29, 0.717) is 22.2 Å². The van der Waals surface area contributed by atoms with Crippen LogP contribution in [0.4, 0.5) is 5.69 Å². The van der Waals surface area contributed by atoms with Gasteiger partial charge in [-0.3, -0.25) is 9.59 Å². The predicted molar refractivity (Wildman–Crippen MR) is 108 cm³/mol. The van der Waals surface area contributed by atoms with E-state index < -0.39 is 11.9 Å². The molecule has 0 aliphatic rings. The van der Waals surface area contributed by atoms with Crippen molar-refractivity contribution in [2.24, 2.45) is 0 Å². The summed E-state index contributed by atoms with van der Waals surface area (Å²) >= 11 is 6.11. The van der Waals surface area contributed by atoms with Crippen LogP contribution in [0.1, 0.15) is 17.3 Å². The number of rotatable bonds is 5. The number of methoxy groups -OCH3 is 2. The van der Waals surface area contributed by atoms with Gasteiger partial charge in [-0.2, -0.15) is 0 Å². The van der Waals surface area contributed by atoms with Crippen molar-refractivity contribution >= 4 is 39.9 Å². The van der Waals surface area contributed by atoms with Gasteiger partial charge in [0.25, 0.3) is 5.91 Å². The number of anilines is 1. The maximum atomic E-state index is 13.0. The summed E-state index contributed by atoms with van der Waals surface area (Å²) in [6.07, 6.45) is 0. The SMILES string of the molecule is COc1cc(NC(=O)c2cc3ccccc3cc2OC(C)=O)c(OC)cc1Cl. The molecule has 0 unspecified atom stereocenters. The molecule has 0 bridgehead atoms. The van der Waals surface area contributed by atoms with E-state index >= 15 is 0 Å². The highest BCUT2D eigenvalue weighted by atomic mass is 35.5. The molecule has 28 heavy (non-hydrogen) atoms. The minimum atomic E-state index is -0.518. The van der Waals surface area contributed by atoms with Crippen molar-refractivity contribution < 1.29 is 23.8 Å². The molecule has 0 heterocycles. The fourth-order valence-electron chi connectivity index (χ4n) is 2.78. The lowest BCUT2D eigenvalue weighted by Crippen LogP contribution is -2.15. The Hall–Kier alpha value is -3.25. The average Bonchev–Trinajstić information content (AvgIpc) is 2.67. The van der Waals surface area contributed by atoms with Crippen LogP contribution in [0, 0.1) is 0 Å². The van der Waals surface area contributed by atoms with Crippen LogP contribution >= 0.6 is 11.6 Å². The summed E-state index contributed by atoms with van der Waals surface area (Å²) in [4.78, 5) is 24.5. The summed E-state index contributed by atoms with van der Waals surface area (Å²) in [5, 5.41) is 4.80. The van der Waals surface area contributed by atoms with Gasteiger partial charge >= 0.3 is 5.97 Å². The maximum absolute atomic E-state index is 13.0. The van der Waals surface area contributed by atoms with Gasteiger partial charge in [0.15, 0.2) is 0 Å². The molecule has 3 aromatic rings. The van der Waals surface area contributed by atoms with Crippen LogP contribution in [0.25, 0.3) is 10.8 Å².